The Kier molecular flexibility index (Phi) is 4.20. The molecule has 1 amide bonds. The molecule has 0 fully saturated rings. The van der Waals surface area contributed by atoms with Gasteiger partial charge in [-0.1, -0.05) is 28.1 Å². The zero-order valence-corrected chi connectivity index (χ0v) is 12.3. The van der Waals surface area contributed by atoms with Gasteiger partial charge in [0.1, 0.15) is 0 Å². The van der Waals surface area contributed by atoms with E-state index in [9.17, 15) is 9.59 Å². The molecule has 2 rings (SSSR count). The molecule has 0 radical (unpaired) electrons. The Morgan fingerprint density at radius 2 is 1.85 bits per heavy atom. The summed E-state index contributed by atoms with van der Waals surface area (Å²) in [4.78, 5) is 23.1. The van der Waals surface area contributed by atoms with Crippen molar-refractivity contribution in [3.05, 3.63) is 63.6 Å². The van der Waals surface area contributed by atoms with Crippen molar-refractivity contribution in [2.45, 2.75) is 6.92 Å². The molecular formula is C15H12BrNO3. The van der Waals surface area contributed by atoms with E-state index in [1.165, 1.54) is 12.1 Å². The highest BCUT2D eigenvalue weighted by Gasteiger charge is 2.10. The number of nitrogens with one attached hydrogen (secondary N) is 1. The van der Waals surface area contributed by atoms with Gasteiger partial charge in [-0.05, 0) is 42.8 Å². The maximum Gasteiger partial charge on any atom is 0.335 e. The van der Waals surface area contributed by atoms with Gasteiger partial charge in [0, 0.05) is 15.7 Å². The highest BCUT2D eigenvalue weighted by Crippen LogP contribution is 2.19. The molecule has 0 heterocycles. The van der Waals surface area contributed by atoms with Gasteiger partial charge >= 0.3 is 5.97 Å². The summed E-state index contributed by atoms with van der Waals surface area (Å²) in [5.41, 5.74) is 1.94. The van der Waals surface area contributed by atoms with E-state index < -0.39 is 5.97 Å². The van der Waals surface area contributed by atoms with E-state index in [1.54, 1.807) is 24.3 Å². The van der Waals surface area contributed by atoms with Gasteiger partial charge in [0.2, 0.25) is 0 Å². The zero-order chi connectivity index (χ0) is 14.7. The van der Waals surface area contributed by atoms with E-state index in [2.05, 4.69) is 21.2 Å². The van der Waals surface area contributed by atoms with Crippen LogP contribution < -0.4 is 5.32 Å². The summed E-state index contributed by atoms with van der Waals surface area (Å²) in [5.74, 6) is -1.31. The van der Waals surface area contributed by atoms with Gasteiger partial charge in [-0.25, -0.2) is 4.79 Å². The molecule has 2 aromatic carbocycles. The van der Waals surface area contributed by atoms with Gasteiger partial charge in [0.25, 0.3) is 5.91 Å². The van der Waals surface area contributed by atoms with Crippen LogP contribution in [0.5, 0.6) is 0 Å². The number of amides is 1. The summed E-state index contributed by atoms with van der Waals surface area (Å²) in [6, 6.07) is 11.6. The summed E-state index contributed by atoms with van der Waals surface area (Å²) in [6.45, 7) is 1.81. The van der Waals surface area contributed by atoms with Crippen molar-refractivity contribution in [2.75, 3.05) is 5.32 Å². The summed E-state index contributed by atoms with van der Waals surface area (Å²) in [5, 5.41) is 11.7. The van der Waals surface area contributed by atoms with Crippen molar-refractivity contribution in [3.63, 3.8) is 0 Å². The minimum absolute atomic E-state index is 0.139. The standard InChI is InChI=1S/C15H12BrNO3/c1-9-5-6-11(15(19)20)8-13(9)17-14(18)10-3-2-4-12(16)7-10/h2-8H,1H3,(H,17,18)(H,19,20). The van der Waals surface area contributed by atoms with Crippen molar-refractivity contribution >= 4 is 33.5 Å². The van der Waals surface area contributed by atoms with Crippen LogP contribution in [0.1, 0.15) is 26.3 Å². The molecule has 0 bridgehead atoms. The van der Waals surface area contributed by atoms with Crippen molar-refractivity contribution in [1.82, 2.24) is 0 Å². The first-order valence-electron chi connectivity index (χ1n) is 5.88. The molecule has 0 spiro atoms. The van der Waals surface area contributed by atoms with E-state index in [1.807, 2.05) is 13.0 Å². The largest absolute Gasteiger partial charge is 0.478 e. The van der Waals surface area contributed by atoms with Crippen LogP contribution in [0.3, 0.4) is 0 Å². The van der Waals surface area contributed by atoms with E-state index in [-0.39, 0.29) is 11.5 Å². The van der Waals surface area contributed by atoms with E-state index in [0.717, 1.165) is 10.0 Å². The van der Waals surface area contributed by atoms with Crippen molar-refractivity contribution in [2.24, 2.45) is 0 Å². The Morgan fingerprint density at radius 3 is 2.50 bits per heavy atom. The maximum absolute atomic E-state index is 12.1. The third kappa shape index (κ3) is 3.24. The smallest absolute Gasteiger partial charge is 0.335 e. The molecule has 0 aromatic heterocycles. The Bertz CT molecular complexity index is 683. The lowest BCUT2D eigenvalue weighted by atomic mass is 10.1. The summed E-state index contributed by atoms with van der Waals surface area (Å²) in [7, 11) is 0. The molecule has 2 N–H and O–H groups in total. The van der Waals surface area contributed by atoms with Crippen LogP contribution in [0.2, 0.25) is 0 Å². The van der Waals surface area contributed by atoms with Crippen LogP contribution in [0.4, 0.5) is 5.69 Å². The SMILES string of the molecule is Cc1ccc(C(=O)O)cc1NC(=O)c1cccc(Br)c1. The first-order valence-corrected chi connectivity index (χ1v) is 6.67. The van der Waals surface area contributed by atoms with Gasteiger partial charge in [-0.15, -0.1) is 0 Å². The quantitative estimate of drug-likeness (QED) is 0.899. The highest BCUT2D eigenvalue weighted by atomic mass is 79.9. The number of carboxylic acids is 1. The molecule has 0 aliphatic heterocycles. The molecule has 102 valence electrons. The van der Waals surface area contributed by atoms with Crippen molar-refractivity contribution in [3.8, 4) is 0 Å². The lowest BCUT2D eigenvalue weighted by Gasteiger charge is -2.09. The summed E-state index contributed by atoms with van der Waals surface area (Å²) >= 11 is 3.30. The van der Waals surface area contributed by atoms with E-state index in [0.29, 0.717) is 11.3 Å². The van der Waals surface area contributed by atoms with Crippen LogP contribution in [0.15, 0.2) is 46.9 Å². The Hall–Kier alpha value is -2.14. The molecule has 0 saturated carbocycles. The number of rotatable bonds is 3. The number of hydrogen-bond donors (Lipinski definition) is 2. The van der Waals surface area contributed by atoms with Crippen LogP contribution in [0.25, 0.3) is 0 Å². The predicted octanol–water partition coefficient (Wildman–Crippen LogP) is 3.71. The summed E-state index contributed by atoms with van der Waals surface area (Å²) in [6.07, 6.45) is 0. The average Bonchev–Trinajstić information content (AvgIpc) is 2.41. The predicted molar refractivity (Wildman–Crippen MR) is 80.2 cm³/mol. The summed E-state index contributed by atoms with van der Waals surface area (Å²) < 4.78 is 0.807. The van der Waals surface area contributed by atoms with Crippen molar-refractivity contribution in [1.29, 1.82) is 0 Å². The Morgan fingerprint density at radius 1 is 1.10 bits per heavy atom. The minimum Gasteiger partial charge on any atom is -0.478 e. The lowest BCUT2D eigenvalue weighted by molar-refractivity contribution is 0.0696. The molecule has 0 aliphatic carbocycles. The number of hydrogen-bond acceptors (Lipinski definition) is 2. The van der Waals surface area contributed by atoms with E-state index in [4.69, 9.17) is 5.11 Å². The topological polar surface area (TPSA) is 66.4 Å². The number of benzene rings is 2. The van der Waals surface area contributed by atoms with Gasteiger partial charge in [0.05, 0.1) is 5.56 Å². The number of carbonyl (C=O) groups is 2. The molecule has 2 aromatic rings. The lowest BCUT2D eigenvalue weighted by Crippen LogP contribution is -2.13. The van der Waals surface area contributed by atoms with Crippen LogP contribution in [-0.4, -0.2) is 17.0 Å². The van der Waals surface area contributed by atoms with Gasteiger partial charge in [-0.3, -0.25) is 4.79 Å². The molecule has 4 nitrogen and oxygen atoms in total. The Balaban J connectivity index is 2.27. The fourth-order valence-electron chi connectivity index (χ4n) is 1.71. The van der Waals surface area contributed by atoms with Crippen LogP contribution in [0, 0.1) is 6.92 Å². The van der Waals surface area contributed by atoms with Gasteiger partial charge < -0.3 is 10.4 Å². The molecular weight excluding hydrogens is 322 g/mol. The van der Waals surface area contributed by atoms with Gasteiger partial charge in [-0.2, -0.15) is 0 Å². The first kappa shape index (κ1) is 14.3. The minimum atomic E-state index is -1.03. The number of aromatic carboxylic acids is 1. The second-order valence-corrected chi connectivity index (χ2v) is 5.22. The first-order chi connectivity index (χ1) is 9.47. The molecule has 5 heteroatoms. The molecule has 20 heavy (non-hydrogen) atoms. The number of carboxylic acid groups (broad SMARTS) is 1. The molecule has 0 unspecified atom stereocenters. The van der Waals surface area contributed by atoms with E-state index >= 15 is 0 Å². The molecule has 0 atom stereocenters. The van der Waals surface area contributed by atoms with Crippen LogP contribution in [-0.2, 0) is 0 Å². The van der Waals surface area contributed by atoms with Gasteiger partial charge in [0.15, 0.2) is 0 Å². The zero-order valence-electron chi connectivity index (χ0n) is 10.7. The van der Waals surface area contributed by atoms with Crippen LogP contribution >= 0.6 is 15.9 Å². The molecule has 0 aliphatic rings. The fourth-order valence-corrected chi connectivity index (χ4v) is 2.11. The number of carbonyl (C=O) groups excluding carboxylic acids is 1. The number of halogens is 1. The third-order valence-corrected chi connectivity index (χ3v) is 3.31. The third-order valence-electron chi connectivity index (χ3n) is 2.82. The molecule has 0 saturated heterocycles. The second kappa shape index (κ2) is 5.88. The normalized spacial score (nSPS) is 10.1. The second-order valence-electron chi connectivity index (χ2n) is 4.30. The highest BCUT2D eigenvalue weighted by molar-refractivity contribution is 9.10. The Labute approximate surface area is 124 Å². The number of aryl methyl sites for hydroxylation is 1. The average molecular weight is 334 g/mol. The monoisotopic (exact) mass is 333 g/mol. The maximum atomic E-state index is 12.1. The number of anilines is 1. The van der Waals surface area contributed by atoms with Crippen molar-refractivity contribution < 1.29 is 14.7 Å². The fraction of sp³-hybridized carbons (Fsp3) is 0.0667.